The minimum Gasteiger partial charge on any atom is -0.386 e. The predicted molar refractivity (Wildman–Crippen MR) is 85.4 cm³/mol. The average Bonchev–Trinajstić information content (AvgIpc) is 2.46. The van der Waals surface area contributed by atoms with Crippen molar-refractivity contribution in [2.45, 2.75) is 69.1 Å². The zero-order valence-electron chi connectivity index (χ0n) is 14.3. The van der Waals surface area contributed by atoms with Crippen LogP contribution in [0.4, 0.5) is 0 Å². The number of aliphatic hydroxyl groups is 4. The summed E-state index contributed by atoms with van der Waals surface area (Å²) >= 11 is 0.926. The van der Waals surface area contributed by atoms with Gasteiger partial charge in [-0.2, -0.15) is 0 Å². The van der Waals surface area contributed by atoms with Gasteiger partial charge in [0.05, 0.1) is 0 Å². The largest absolute Gasteiger partial charge is 0.386 e. The normalized spacial score (nSPS) is 40.9. The second-order valence-corrected chi connectivity index (χ2v) is 7.44. The number of Topliss-reactive ketones (excluding diaryl/α,β-unsaturated/α-hetero) is 3. The summed E-state index contributed by atoms with van der Waals surface area (Å²) in [5.41, 5.74) is -9.68. The van der Waals surface area contributed by atoms with E-state index in [0.717, 1.165) is 39.5 Å². The first kappa shape index (κ1) is 21.2. The molecule has 138 valence electrons. The molecule has 1 rings (SSSR count). The van der Waals surface area contributed by atoms with Crippen LogP contribution in [-0.2, 0) is 19.1 Å². The topological polar surface area (TPSA) is 141 Å². The van der Waals surface area contributed by atoms with E-state index in [-0.39, 0.29) is 0 Å². The van der Waals surface area contributed by atoms with Crippen molar-refractivity contribution in [1.29, 1.82) is 0 Å². The molecule has 1 aliphatic heterocycles. The van der Waals surface area contributed by atoms with Gasteiger partial charge in [-0.25, -0.2) is 0 Å². The second-order valence-electron chi connectivity index (χ2n) is 6.10. The van der Waals surface area contributed by atoms with Gasteiger partial charge in [0, 0.05) is 0 Å². The van der Waals surface area contributed by atoms with Gasteiger partial charge in [0.1, 0.15) is 17.1 Å². The van der Waals surface area contributed by atoms with Crippen LogP contribution >= 0.6 is 11.8 Å². The number of ketones is 3. The van der Waals surface area contributed by atoms with Gasteiger partial charge in [0.15, 0.2) is 34.7 Å². The van der Waals surface area contributed by atoms with Gasteiger partial charge in [-0.15, -0.1) is 11.8 Å². The predicted octanol–water partition coefficient (Wildman–Crippen LogP) is -1.19. The third-order valence-corrected chi connectivity index (χ3v) is 5.61. The van der Waals surface area contributed by atoms with E-state index in [2.05, 4.69) is 0 Å². The molecule has 1 unspecified atom stereocenters. The molecule has 1 aliphatic rings. The summed E-state index contributed by atoms with van der Waals surface area (Å²) in [6, 6.07) is 0. The van der Waals surface area contributed by atoms with Gasteiger partial charge in [0.25, 0.3) is 0 Å². The van der Waals surface area contributed by atoms with E-state index in [1.165, 1.54) is 0 Å². The summed E-state index contributed by atoms with van der Waals surface area (Å²) < 4.78 is 5.39. The molecule has 8 nitrogen and oxygen atoms in total. The Bertz CT molecular complexity index is 546. The maximum Gasteiger partial charge on any atom is 0.193 e. The number of hydrogen-bond donors (Lipinski definition) is 4. The van der Waals surface area contributed by atoms with E-state index in [1.54, 1.807) is 6.92 Å². The highest BCUT2D eigenvalue weighted by atomic mass is 32.2. The Morgan fingerprint density at radius 3 is 1.92 bits per heavy atom. The Morgan fingerprint density at radius 2 is 1.58 bits per heavy atom. The molecule has 4 N–H and O–H groups in total. The molecule has 6 atom stereocenters. The Hall–Kier alpha value is -0.840. The van der Waals surface area contributed by atoms with Gasteiger partial charge < -0.3 is 25.2 Å². The fourth-order valence-electron chi connectivity index (χ4n) is 2.94. The van der Waals surface area contributed by atoms with Crippen LogP contribution in [0.3, 0.4) is 0 Å². The summed E-state index contributed by atoms with van der Waals surface area (Å²) in [5.74, 6) is -2.70. The summed E-state index contributed by atoms with van der Waals surface area (Å²) in [4.78, 5) is 36.4. The molecule has 1 heterocycles. The quantitative estimate of drug-likeness (QED) is 0.457. The third kappa shape index (κ3) is 2.73. The molecular weight excluding hydrogens is 340 g/mol. The van der Waals surface area contributed by atoms with Crippen LogP contribution in [0.5, 0.6) is 0 Å². The Morgan fingerprint density at radius 1 is 1.12 bits per heavy atom. The molecule has 0 radical (unpaired) electrons. The maximum absolute atomic E-state index is 12.3. The number of rotatable bonds is 6. The molecule has 9 heteroatoms. The highest BCUT2D eigenvalue weighted by Gasteiger charge is 2.74. The smallest absolute Gasteiger partial charge is 0.193 e. The molecule has 0 aromatic rings. The van der Waals surface area contributed by atoms with Crippen molar-refractivity contribution in [2.24, 2.45) is 0 Å². The lowest BCUT2D eigenvalue weighted by atomic mass is 9.63. The van der Waals surface area contributed by atoms with E-state index >= 15 is 0 Å². The number of aliphatic hydroxyl groups excluding tert-OH is 1. The van der Waals surface area contributed by atoms with Crippen LogP contribution < -0.4 is 0 Å². The van der Waals surface area contributed by atoms with E-state index in [4.69, 9.17) is 4.74 Å². The van der Waals surface area contributed by atoms with Gasteiger partial charge in [-0.3, -0.25) is 14.4 Å². The number of carbonyl (C=O) groups is 3. The fraction of sp³-hybridized carbons (Fsp3) is 0.800. The van der Waals surface area contributed by atoms with Gasteiger partial charge in [-0.05, 0) is 33.4 Å². The minimum atomic E-state index is -2.91. The summed E-state index contributed by atoms with van der Waals surface area (Å²) in [5, 5.41) is 42.1. The molecule has 0 aromatic heterocycles. The second kappa shape index (κ2) is 6.81. The van der Waals surface area contributed by atoms with Crippen molar-refractivity contribution < 1.29 is 39.5 Å². The first-order valence-corrected chi connectivity index (χ1v) is 8.53. The molecule has 0 aromatic carbocycles. The number of thioether (sulfide) groups is 1. The van der Waals surface area contributed by atoms with Crippen molar-refractivity contribution >= 4 is 29.1 Å². The molecule has 0 aliphatic carbocycles. The van der Waals surface area contributed by atoms with E-state index in [1.807, 2.05) is 0 Å². The fourth-order valence-corrected chi connectivity index (χ4v) is 4.06. The zero-order chi connectivity index (χ0) is 19.1. The van der Waals surface area contributed by atoms with Gasteiger partial charge in [-0.1, -0.05) is 6.92 Å². The molecule has 1 fully saturated rings. The van der Waals surface area contributed by atoms with E-state index in [9.17, 15) is 34.8 Å². The Kier molecular flexibility index (Phi) is 6.02. The van der Waals surface area contributed by atoms with Crippen molar-refractivity contribution in [3.05, 3.63) is 0 Å². The molecular formula is C15H24O8S. The highest BCUT2D eigenvalue weighted by Crippen LogP contribution is 2.48. The third-order valence-electron chi connectivity index (χ3n) is 4.53. The lowest BCUT2D eigenvalue weighted by molar-refractivity contribution is -0.303. The first-order valence-electron chi connectivity index (χ1n) is 7.48. The summed E-state index contributed by atoms with van der Waals surface area (Å²) in [6.07, 6.45) is -3.53. The van der Waals surface area contributed by atoms with Crippen LogP contribution in [0.1, 0.15) is 34.6 Å². The summed E-state index contributed by atoms with van der Waals surface area (Å²) in [7, 11) is 0. The van der Waals surface area contributed by atoms with Crippen LogP contribution in [0, 0.1) is 0 Å². The first-order chi connectivity index (χ1) is 10.8. The molecule has 0 saturated carbocycles. The molecule has 0 amide bonds. The SMILES string of the molecule is CCS[C@@H]1O[C@H](C(=O)C(C)O)[C@@](O)(C(C)=O)[C@@](C)(O)[C@@]1(O)C(C)=O. The average molecular weight is 364 g/mol. The van der Waals surface area contributed by atoms with E-state index < -0.39 is 51.8 Å². The number of hydrogen-bond acceptors (Lipinski definition) is 9. The standard InChI is InChI=1S/C15H24O8S/c1-6-24-12-15(22,9(4)18)13(5,20)14(21,8(3)17)11(23-12)10(19)7(2)16/h7,11-12,16,20-22H,6H2,1-5H3/t7?,11-,12+,13-,14+,15-/m1/s1. The zero-order valence-corrected chi connectivity index (χ0v) is 15.1. The van der Waals surface area contributed by atoms with Crippen molar-refractivity contribution in [2.75, 3.05) is 5.75 Å². The lowest BCUT2D eigenvalue weighted by Gasteiger charge is -2.57. The Balaban J connectivity index is 3.67. The highest BCUT2D eigenvalue weighted by molar-refractivity contribution is 7.99. The summed E-state index contributed by atoms with van der Waals surface area (Å²) in [6.45, 7) is 5.60. The monoisotopic (exact) mass is 364 g/mol. The minimum absolute atomic E-state index is 0.352. The maximum atomic E-state index is 12.3. The van der Waals surface area contributed by atoms with Crippen LogP contribution in [0.25, 0.3) is 0 Å². The van der Waals surface area contributed by atoms with E-state index in [0.29, 0.717) is 5.75 Å². The van der Waals surface area contributed by atoms with Crippen LogP contribution in [0.2, 0.25) is 0 Å². The number of carbonyl (C=O) groups excluding carboxylic acids is 3. The van der Waals surface area contributed by atoms with Crippen molar-refractivity contribution in [3.8, 4) is 0 Å². The molecule has 1 saturated heterocycles. The van der Waals surface area contributed by atoms with Crippen molar-refractivity contribution in [3.63, 3.8) is 0 Å². The van der Waals surface area contributed by atoms with Crippen LogP contribution in [0.15, 0.2) is 0 Å². The Labute approximate surface area is 144 Å². The molecule has 0 spiro atoms. The van der Waals surface area contributed by atoms with Crippen molar-refractivity contribution in [1.82, 2.24) is 0 Å². The van der Waals surface area contributed by atoms with Gasteiger partial charge in [0.2, 0.25) is 0 Å². The lowest BCUT2D eigenvalue weighted by Crippen LogP contribution is -2.83. The van der Waals surface area contributed by atoms with Gasteiger partial charge >= 0.3 is 0 Å². The van der Waals surface area contributed by atoms with Crippen LogP contribution in [-0.4, -0.2) is 78.0 Å². The molecule has 0 bridgehead atoms. The number of ether oxygens (including phenoxy) is 1. The molecule has 24 heavy (non-hydrogen) atoms.